The van der Waals surface area contributed by atoms with E-state index in [2.05, 4.69) is 12.2 Å². The highest BCUT2D eigenvalue weighted by molar-refractivity contribution is 7.40. The number of nitrogens with one attached hydrogen (secondary N) is 1. The van der Waals surface area contributed by atoms with E-state index in [1.165, 1.54) is 84.1 Å². The minimum absolute atomic E-state index is 0.149. The van der Waals surface area contributed by atoms with Crippen LogP contribution in [0.1, 0.15) is 103 Å². The van der Waals surface area contributed by atoms with Crippen molar-refractivity contribution in [2.75, 3.05) is 40.9 Å². The van der Waals surface area contributed by atoms with Crippen LogP contribution in [-0.2, 0) is 13.8 Å². The van der Waals surface area contributed by atoms with Crippen LogP contribution in [-0.4, -0.2) is 62.9 Å². The Bertz CT molecular complexity index is 416. The number of carbonyl (C=O) groups is 1. The van der Waals surface area contributed by atoms with Gasteiger partial charge in [-0.25, -0.2) is 4.79 Å². The molecule has 0 rings (SSSR count). The van der Waals surface area contributed by atoms with Gasteiger partial charge in [0.15, 0.2) is 0 Å². The first-order valence-electron chi connectivity index (χ1n) is 12.8. The van der Waals surface area contributed by atoms with Crippen molar-refractivity contribution >= 4 is 14.7 Å². The summed E-state index contributed by atoms with van der Waals surface area (Å²) in [6.45, 7) is 3.52. The van der Waals surface area contributed by atoms with Gasteiger partial charge in [0.1, 0.15) is 6.10 Å². The van der Waals surface area contributed by atoms with Crippen LogP contribution in [0.3, 0.4) is 0 Å². The van der Waals surface area contributed by atoms with Crippen LogP contribution in [0.15, 0.2) is 0 Å². The largest absolute Gasteiger partial charge is 0.444 e. The quantitative estimate of drug-likeness (QED) is 0.131. The monoisotopic (exact) mass is 478 g/mol. The van der Waals surface area contributed by atoms with E-state index in [0.29, 0.717) is 13.2 Å². The SMILES string of the molecule is CCCCCCCCCCCCCCCCC(COP(O)OCCN(C)C)OC(=O)NC. The third-order valence-corrected chi connectivity index (χ3v) is 6.24. The summed E-state index contributed by atoms with van der Waals surface area (Å²) in [5.74, 6) is 0. The lowest BCUT2D eigenvalue weighted by molar-refractivity contribution is 0.0521. The number of hydrogen-bond acceptors (Lipinski definition) is 6. The lowest BCUT2D eigenvalue weighted by atomic mass is 10.0. The first-order chi connectivity index (χ1) is 15.5. The molecule has 192 valence electrons. The standard InChI is InChI=1S/C24H51N2O5P/c1-5-6-7-8-9-10-11-12-13-14-15-16-17-18-19-23(31-24(27)25-2)22-30-32(28)29-21-20-26(3)4/h23,28H,5-22H2,1-4H3,(H,25,27). The van der Waals surface area contributed by atoms with Crippen molar-refractivity contribution in [1.29, 1.82) is 0 Å². The van der Waals surface area contributed by atoms with Crippen molar-refractivity contribution in [1.82, 2.24) is 10.2 Å². The maximum atomic E-state index is 11.6. The summed E-state index contributed by atoms with van der Waals surface area (Å²) in [5, 5.41) is 2.47. The van der Waals surface area contributed by atoms with Crippen molar-refractivity contribution < 1.29 is 23.5 Å². The molecular weight excluding hydrogens is 427 g/mol. The van der Waals surface area contributed by atoms with E-state index < -0.39 is 14.7 Å². The Morgan fingerprint density at radius 2 is 1.38 bits per heavy atom. The van der Waals surface area contributed by atoms with Gasteiger partial charge in [-0.2, -0.15) is 0 Å². The minimum atomic E-state index is -1.95. The molecular formula is C24H51N2O5P. The molecule has 0 radical (unpaired) electrons. The van der Waals surface area contributed by atoms with E-state index in [1.807, 2.05) is 19.0 Å². The maximum Gasteiger partial charge on any atom is 0.407 e. The van der Waals surface area contributed by atoms with E-state index in [0.717, 1.165) is 19.3 Å². The molecule has 0 aromatic carbocycles. The molecule has 2 unspecified atom stereocenters. The first kappa shape index (κ1) is 31.5. The number of likely N-dealkylation sites (N-methyl/N-ethyl adjacent to an activating group) is 1. The van der Waals surface area contributed by atoms with E-state index in [9.17, 15) is 9.69 Å². The lowest BCUT2D eigenvalue weighted by Crippen LogP contribution is -2.29. The average molecular weight is 479 g/mol. The fourth-order valence-electron chi connectivity index (χ4n) is 3.44. The summed E-state index contributed by atoms with van der Waals surface area (Å²) in [7, 11) is 3.46. The number of alkyl carbamates (subject to hydrolysis) is 1. The summed E-state index contributed by atoms with van der Waals surface area (Å²) >= 11 is 0. The minimum Gasteiger partial charge on any atom is -0.444 e. The van der Waals surface area contributed by atoms with Crippen LogP contribution in [0.2, 0.25) is 0 Å². The van der Waals surface area contributed by atoms with E-state index in [4.69, 9.17) is 13.8 Å². The van der Waals surface area contributed by atoms with Crippen molar-refractivity contribution in [3.8, 4) is 0 Å². The van der Waals surface area contributed by atoms with Crippen LogP contribution >= 0.6 is 8.60 Å². The zero-order valence-corrected chi connectivity index (χ0v) is 22.2. The Morgan fingerprint density at radius 1 is 0.875 bits per heavy atom. The van der Waals surface area contributed by atoms with Crippen LogP contribution in [0.4, 0.5) is 4.79 Å². The van der Waals surface area contributed by atoms with E-state index in [-0.39, 0.29) is 12.7 Å². The zero-order valence-electron chi connectivity index (χ0n) is 21.3. The molecule has 0 aliphatic rings. The Balaban J connectivity index is 3.74. The zero-order chi connectivity index (χ0) is 23.9. The fourth-order valence-corrected chi connectivity index (χ4v) is 4.04. The molecule has 0 spiro atoms. The number of hydrogen-bond donors (Lipinski definition) is 2. The number of rotatable bonds is 23. The molecule has 1 amide bonds. The molecule has 0 aliphatic carbocycles. The Kier molecular flexibility index (Phi) is 23.3. The molecule has 0 aromatic heterocycles. The maximum absolute atomic E-state index is 11.6. The highest BCUT2D eigenvalue weighted by Gasteiger charge is 2.17. The van der Waals surface area contributed by atoms with Crippen LogP contribution in [0.5, 0.6) is 0 Å². The highest BCUT2D eigenvalue weighted by atomic mass is 31.2. The second-order valence-electron chi connectivity index (χ2n) is 8.83. The van der Waals surface area contributed by atoms with Crippen LogP contribution in [0, 0.1) is 0 Å². The molecule has 2 atom stereocenters. The number of ether oxygens (including phenoxy) is 1. The molecule has 2 N–H and O–H groups in total. The van der Waals surface area contributed by atoms with Gasteiger partial charge in [0.25, 0.3) is 0 Å². The average Bonchev–Trinajstić information content (AvgIpc) is 2.77. The molecule has 0 aliphatic heterocycles. The Labute approximate surface area is 198 Å². The van der Waals surface area contributed by atoms with Gasteiger partial charge < -0.3 is 28.9 Å². The van der Waals surface area contributed by atoms with Gasteiger partial charge in [0, 0.05) is 13.6 Å². The molecule has 0 saturated carbocycles. The van der Waals surface area contributed by atoms with E-state index >= 15 is 0 Å². The second kappa shape index (κ2) is 23.7. The van der Waals surface area contributed by atoms with Gasteiger partial charge in [0.2, 0.25) is 0 Å². The lowest BCUT2D eigenvalue weighted by Gasteiger charge is -2.19. The molecule has 32 heavy (non-hydrogen) atoms. The van der Waals surface area contributed by atoms with Crippen LogP contribution in [0.25, 0.3) is 0 Å². The fraction of sp³-hybridized carbons (Fsp3) is 0.958. The second-order valence-corrected chi connectivity index (χ2v) is 9.82. The normalized spacial score (nSPS) is 13.3. The number of unbranched alkanes of at least 4 members (excludes halogenated alkanes) is 13. The van der Waals surface area contributed by atoms with Gasteiger partial charge in [-0.15, -0.1) is 0 Å². The molecule has 7 nitrogen and oxygen atoms in total. The molecule has 0 bridgehead atoms. The van der Waals surface area contributed by atoms with Crippen molar-refractivity contribution in [2.45, 2.75) is 109 Å². The number of amides is 1. The molecule has 0 fully saturated rings. The molecule has 0 aromatic rings. The Morgan fingerprint density at radius 3 is 1.84 bits per heavy atom. The molecule has 0 saturated heterocycles. The summed E-state index contributed by atoms with van der Waals surface area (Å²) in [6.07, 6.45) is 18.2. The topological polar surface area (TPSA) is 80.3 Å². The Hall–Kier alpha value is -0.460. The van der Waals surface area contributed by atoms with Crippen molar-refractivity contribution in [3.05, 3.63) is 0 Å². The van der Waals surface area contributed by atoms with Crippen molar-refractivity contribution in [2.24, 2.45) is 0 Å². The highest BCUT2D eigenvalue weighted by Crippen LogP contribution is 2.33. The number of carbonyl (C=O) groups excluding carboxylic acids is 1. The predicted octanol–water partition coefficient (Wildman–Crippen LogP) is 6.40. The van der Waals surface area contributed by atoms with E-state index in [1.54, 1.807) is 0 Å². The third kappa shape index (κ3) is 22.7. The number of nitrogens with zero attached hydrogens (tertiary/aromatic N) is 1. The summed E-state index contributed by atoms with van der Waals surface area (Å²) in [5.41, 5.74) is 0. The first-order valence-corrected chi connectivity index (χ1v) is 13.9. The van der Waals surface area contributed by atoms with Gasteiger partial charge in [0.05, 0.1) is 13.2 Å². The summed E-state index contributed by atoms with van der Waals surface area (Å²) in [4.78, 5) is 23.4. The van der Waals surface area contributed by atoms with Gasteiger partial charge in [-0.05, 0) is 26.9 Å². The molecule has 8 heteroatoms. The third-order valence-electron chi connectivity index (χ3n) is 5.47. The summed E-state index contributed by atoms with van der Waals surface area (Å²) in [6, 6.07) is 0. The molecule has 0 heterocycles. The van der Waals surface area contributed by atoms with Crippen molar-refractivity contribution in [3.63, 3.8) is 0 Å². The summed E-state index contributed by atoms with van der Waals surface area (Å²) < 4.78 is 16.0. The van der Waals surface area contributed by atoms with Gasteiger partial charge >= 0.3 is 14.7 Å². The van der Waals surface area contributed by atoms with Gasteiger partial charge in [-0.1, -0.05) is 90.4 Å². The smallest absolute Gasteiger partial charge is 0.407 e. The van der Waals surface area contributed by atoms with Crippen LogP contribution < -0.4 is 5.32 Å². The predicted molar refractivity (Wildman–Crippen MR) is 134 cm³/mol. The van der Waals surface area contributed by atoms with Gasteiger partial charge in [-0.3, -0.25) is 0 Å².